The number of aromatic amines is 1. The Hall–Kier alpha value is -7.78. The van der Waals surface area contributed by atoms with E-state index in [4.69, 9.17) is 5.73 Å². The van der Waals surface area contributed by atoms with Crippen LogP contribution >= 0.6 is 12.6 Å². The molecule has 1 fully saturated rings. The second-order valence-corrected chi connectivity index (χ2v) is 25.4. The van der Waals surface area contributed by atoms with Crippen LogP contribution in [-0.2, 0) is 90.8 Å². The number of hydrogen-bond donors (Lipinski definition) is 13. The number of nitrogens with two attached hydrogens (primary N) is 1. The summed E-state index contributed by atoms with van der Waals surface area (Å²) in [5.74, 6) is -11.0. The molecular formula is C64H94N14O14ReS-2. The number of nitrogens with zero attached hydrogens (tertiary/aromatic N) is 2. The van der Waals surface area contributed by atoms with E-state index in [9.17, 15) is 67.7 Å². The van der Waals surface area contributed by atoms with Crippen molar-refractivity contribution in [3.63, 3.8) is 0 Å². The topological polar surface area (TPSA) is 429 Å². The second kappa shape index (κ2) is 40.5. The van der Waals surface area contributed by atoms with Gasteiger partial charge in [-0.1, -0.05) is 103 Å². The molecule has 0 saturated heterocycles. The van der Waals surface area contributed by atoms with E-state index in [1.807, 2.05) is 20.8 Å². The number of unbranched alkanes of at least 4 members (excludes halogenated alkanes) is 2. The number of carbonyl (C=O) groups is 12. The van der Waals surface area contributed by atoms with Crippen molar-refractivity contribution < 1.29 is 88.2 Å². The van der Waals surface area contributed by atoms with E-state index >= 15 is 0 Å². The van der Waals surface area contributed by atoms with Crippen molar-refractivity contribution in [1.29, 1.82) is 0 Å². The van der Waals surface area contributed by atoms with Crippen LogP contribution < -0.4 is 69.1 Å². The van der Waals surface area contributed by atoms with Gasteiger partial charge in [0.05, 0.1) is 25.7 Å². The Morgan fingerprint density at radius 1 is 0.638 bits per heavy atom. The van der Waals surface area contributed by atoms with Crippen molar-refractivity contribution in [1.82, 2.24) is 63.1 Å². The fourth-order valence-corrected chi connectivity index (χ4v) is 10.1. The Morgan fingerprint density at radius 3 is 1.78 bits per heavy atom. The predicted molar refractivity (Wildman–Crippen MR) is 347 cm³/mol. The van der Waals surface area contributed by atoms with E-state index in [0.717, 1.165) is 0 Å². The SMILES string of the molecule is CCCC[C@H](NC(=O)[C@H](CC(C)C)NC(=O)[C@H](Cc1ccccc1)NC(=O)[C@H](Cc1c[nH]c2ccccc12)NC(=O)[C@H](CCC(=O)[O-])NC(=O)[C@H](CCCCNC(=O)CNC(=O)[C@H](CS)NC(=O)[C@@H](NC(=O)CN(C)C)C(C)(C)C)NC(=O)CN)C([O-])=NC(=O)C1CC1.[Re]. The molecule has 2 aromatic carbocycles. The fraction of sp³-hybridized carbons (Fsp3) is 0.578. The molecule has 0 unspecified atom stereocenters. The number of nitrogens with one attached hydrogen (secondary N) is 11. The van der Waals surface area contributed by atoms with Crippen LogP contribution in [0.4, 0.5) is 0 Å². The summed E-state index contributed by atoms with van der Waals surface area (Å²) in [6.45, 7) is 9.82. The molecule has 4 rings (SSSR count). The molecule has 0 aliphatic heterocycles. The number of likely N-dealkylation sites (N-methyl/N-ethyl adjacent to an activating group) is 1. The Balaban J connectivity index is 0.0000230. The molecule has 3 aromatic rings. The Morgan fingerprint density at radius 2 is 1.19 bits per heavy atom. The van der Waals surface area contributed by atoms with Crippen LogP contribution in [0.3, 0.4) is 0 Å². The fourth-order valence-electron chi connectivity index (χ4n) is 9.85. The zero-order valence-corrected chi connectivity index (χ0v) is 58.4. The molecule has 1 heterocycles. The number of fused-ring (bicyclic) bond motifs is 1. The average Bonchev–Trinajstić information content (AvgIpc) is 1.47. The first-order valence-electron chi connectivity index (χ1n) is 31.5. The predicted octanol–water partition coefficient (Wildman–Crippen LogP) is -1.81. The van der Waals surface area contributed by atoms with Gasteiger partial charge in [0.15, 0.2) is 0 Å². The molecule has 0 bridgehead atoms. The number of carbonyl (C=O) groups excluding carboxylic acids is 12. The first-order chi connectivity index (χ1) is 44.0. The molecule has 0 spiro atoms. The van der Waals surface area contributed by atoms with Crippen molar-refractivity contribution in [2.24, 2.45) is 28.0 Å². The van der Waals surface area contributed by atoms with E-state index in [1.54, 1.807) is 101 Å². The molecule has 13 N–H and O–H groups in total. The molecule has 1 aliphatic rings. The smallest absolute Gasteiger partial charge is 0.247 e. The van der Waals surface area contributed by atoms with E-state index in [2.05, 4.69) is 75.8 Å². The number of thiol groups is 1. The summed E-state index contributed by atoms with van der Waals surface area (Å²) in [5.41, 5.74) is 6.69. The van der Waals surface area contributed by atoms with E-state index in [-0.39, 0.29) is 96.0 Å². The maximum atomic E-state index is 14.9. The molecular weight excluding hydrogens is 1410 g/mol. The number of carboxylic acid groups (broad SMARTS) is 1. The third kappa shape index (κ3) is 28.4. The number of carboxylic acids is 1. The molecule has 1 aliphatic carbocycles. The molecule has 519 valence electrons. The van der Waals surface area contributed by atoms with Crippen molar-refractivity contribution in [2.75, 3.05) is 46.0 Å². The van der Waals surface area contributed by atoms with Gasteiger partial charge in [-0.05, 0) is 106 Å². The zero-order valence-electron chi connectivity index (χ0n) is 54.8. The van der Waals surface area contributed by atoms with Gasteiger partial charge >= 0.3 is 0 Å². The van der Waals surface area contributed by atoms with Gasteiger partial charge in [0.2, 0.25) is 65.0 Å². The standard InChI is InChI=1S/C64H96N14O14S.Re/c1-9-10-21-44(59(88)77-55(84)39-24-25-39)70-60(89)46(29-37(2)3)72-61(90)47(30-38-18-12-11-13-19-38)73-62(91)48(31-40-33-67-42-22-15-14-20-41(40)42)74-58(87)45(26-27-53(82)83)71-57(86)43(69-50(79)32-65)23-16-17-28-66-51(80)34-68-56(85)49(36-93)75-63(92)54(64(4,5)6)76-52(81)35-78(7)8;/h11-15,18-20,22,33,37,39,43-49,54,67,93H,9-10,16-17,21,23-32,34-36,65H2,1-8H3,(H,66,80)(H,68,85)(H,69,79)(H,70,89)(H,71,86)(H,72,90)(H,73,91)(H,74,87)(H,75,92)(H,76,81)(H,82,83)(H,77,84,88);/p-2/t43-,44-,45-,46-,47-,48-,49-,54+;/m0./s1. The van der Waals surface area contributed by atoms with Gasteiger partial charge < -0.3 is 83.8 Å². The van der Waals surface area contributed by atoms with Gasteiger partial charge in [-0.25, -0.2) is 4.99 Å². The van der Waals surface area contributed by atoms with Gasteiger partial charge in [0, 0.05) is 74.5 Å². The first kappa shape index (κ1) is 80.5. The number of benzene rings is 2. The Kier molecular flexibility index (Phi) is 34.6. The van der Waals surface area contributed by atoms with Crippen LogP contribution in [0.5, 0.6) is 0 Å². The third-order valence-corrected chi connectivity index (χ3v) is 15.4. The molecule has 28 nitrogen and oxygen atoms in total. The summed E-state index contributed by atoms with van der Waals surface area (Å²) in [4.78, 5) is 170. The van der Waals surface area contributed by atoms with Gasteiger partial charge in [0.25, 0.3) is 0 Å². The number of aromatic nitrogens is 1. The maximum absolute atomic E-state index is 14.9. The number of para-hydroxylation sites is 1. The van der Waals surface area contributed by atoms with Crippen molar-refractivity contribution in [2.45, 2.75) is 173 Å². The van der Waals surface area contributed by atoms with Gasteiger partial charge in [-0.3, -0.25) is 52.7 Å². The minimum Gasteiger partial charge on any atom is -0.860 e. The van der Waals surface area contributed by atoms with Crippen LogP contribution in [0.2, 0.25) is 0 Å². The van der Waals surface area contributed by atoms with Gasteiger partial charge in [-0.15, -0.1) is 0 Å². The number of aliphatic carboxylic acids is 1. The number of aliphatic imine (C=N–C) groups is 1. The minimum atomic E-state index is -1.67. The molecule has 1 aromatic heterocycles. The minimum absolute atomic E-state index is 0. The molecule has 1 radical (unpaired) electrons. The van der Waals surface area contributed by atoms with Crippen molar-refractivity contribution in [3.8, 4) is 0 Å². The summed E-state index contributed by atoms with van der Waals surface area (Å²) >= 11 is 4.20. The van der Waals surface area contributed by atoms with Crippen LogP contribution in [-0.4, -0.2) is 181 Å². The summed E-state index contributed by atoms with van der Waals surface area (Å²) in [7, 11) is 3.39. The first-order valence-corrected chi connectivity index (χ1v) is 32.2. The normalized spacial score (nSPS) is 14.8. The average molecular weight is 1500 g/mol. The third-order valence-electron chi connectivity index (χ3n) is 15.1. The van der Waals surface area contributed by atoms with E-state index < -0.39 is 157 Å². The van der Waals surface area contributed by atoms with Crippen LogP contribution in [0.15, 0.2) is 65.8 Å². The quantitative estimate of drug-likeness (QED) is 0.0129. The molecule has 30 heteroatoms. The van der Waals surface area contributed by atoms with Gasteiger partial charge in [-0.2, -0.15) is 12.6 Å². The number of hydrogen-bond acceptors (Lipinski definition) is 17. The summed E-state index contributed by atoms with van der Waals surface area (Å²) < 4.78 is 0. The number of amides is 11. The van der Waals surface area contributed by atoms with Crippen LogP contribution in [0.1, 0.15) is 123 Å². The number of rotatable bonds is 40. The van der Waals surface area contributed by atoms with Crippen molar-refractivity contribution >= 4 is 100 Å². The van der Waals surface area contributed by atoms with Gasteiger partial charge in [0.1, 0.15) is 42.3 Å². The molecule has 11 amide bonds. The van der Waals surface area contributed by atoms with Crippen LogP contribution in [0, 0.1) is 17.3 Å². The van der Waals surface area contributed by atoms with Crippen LogP contribution in [0.25, 0.3) is 10.9 Å². The summed E-state index contributed by atoms with van der Waals surface area (Å²) in [5, 5.41) is 52.3. The summed E-state index contributed by atoms with van der Waals surface area (Å²) in [6, 6.07) is 5.22. The summed E-state index contributed by atoms with van der Waals surface area (Å²) in [6.07, 6.45) is 3.03. The zero-order chi connectivity index (χ0) is 69.0. The monoisotopic (exact) mass is 1500 g/mol. The molecule has 94 heavy (non-hydrogen) atoms. The Labute approximate surface area is 568 Å². The van der Waals surface area contributed by atoms with E-state index in [0.29, 0.717) is 47.7 Å². The molecule has 8 atom stereocenters. The Bertz CT molecular complexity index is 3080. The molecule has 1 saturated carbocycles. The number of H-pyrrole nitrogens is 1. The van der Waals surface area contributed by atoms with Crippen molar-refractivity contribution in [3.05, 3.63) is 71.9 Å². The second-order valence-electron chi connectivity index (χ2n) is 25.0. The van der Waals surface area contributed by atoms with E-state index in [1.165, 1.54) is 0 Å². The largest absolute Gasteiger partial charge is 0.860 e. The maximum Gasteiger partial charge on any atom is 0.247 e.